The molecule has 4 N–H and O–H groups in total. The molecule has 3 rings (SSSR count). The summed E-state index contributed by atoms with van der Waals surface area (Å²) in [6.07, 6.45) is 4.59. The van der Waals surface area contributed by atoms with Gasteiger partial charge >= 0.3 is 0 Å². The Labute approximate surface area is 155 Å². The summed E-state index contributed by atoms with van der Waals surface area (Å²) in [4.78, 5) is 20.9. The molecule has 9 nitrogen and oxygen atoms in total. The minimum atomic E-state index is -1.42. The van der Waals surface area contributed by atoms with Crippen LogP contribution in [0.4, 0.5) is 5.82 Å². The molecule has 10 heteroatoms. The second-order valence-electron chi connectivity index (χ2n) is 5.90. The molecule has 2 atom stereocenters. The third-order valence-electron chi connectivity index (χ3n) is 4.48. The van der Waals surface area contributed by atoms with E-state index in [9.17, 15) is 4.79 Å². The molecule has 26 heavy (non-hydrogen) atoms. The fourth-order valence-corrected chi connectivity index (χ4v) is 3.35. The average Bonchev–Trinajstić information content (AvgIpc) is 2.98. The lowest BCUT2D eigenvalue weighted by molar-refractivity contribution is -0.141. The van der Waals surface area contributed by atoms with E-state index in [1.807, 2.05) is 13.8 Å². The molecule has 2 aromatic rings. The van der Waals surface area contributed by atoms with Crippen LogP contribution in [0, 0.1) is 6.92 Å². The average molecular weight is 378 g/mol. The van der Waals surface area contributed by atoms with Gasteiger partial charge in [0.05, 0.1) is 22.2 Å². The van der Waals surface area contributed by atoms with E-state index in [0.717, 1.165) is 0 Å². The fraction of sp³-hybridized carbons (Fsp3) is 0.375. The van der Waals surface area contributed by atoms with Gasteiger partial charge < -0.3 is 21.1 Å². The zero-order chi connectivity index (χ0) is 19.1. The summed E-state index contributed by atoms with van der Waals surface area (Å²) in [5.74, 6) is -0.00947. The fourth-order valence-electron chi connectivity index (χ4n) is 3.17. The van der Waals surface area contributed by atoms with Crippen molar-refractivity contribution in [1.29, 1.82) is 0 Å². The Kier molecular flexibility index (Phi) is 4.59. The maximum Gasteiger partial charge on any atom is 0.277 e. The molecule has 0 bridgehead atoms. The summed E-state index contributed by atoms with van der Waals surface area (Å²) in [7, 11) is 2.98. The molecule has 138 valence electrons. The van der Waals surface area contributed by atoms with Crippen molar-refractivity contribution in [3.8, 4) is 0 Å². The van der Waals surface area contributed by atoms with Gasteiger partial charge in [-0.15, -0.1) is 0 Å². The molecule has 0 spiro atoms. The van der Waals surface area contributed by atoms with Gasteiger partial charge in [-0.2, -0.15) is 5.10 Å². The molecule has 3 heterocycles. The number of likely N-dealkylation sites (N-methyl/N-ethyl adjacent to an activating group) is 1. The van der Waals surface area contributed by atoms with Crippen LogP contribution in [-0.4, -0.2) is 45.5 Å². The van der Waals surface area contributed by atoms with Crippen molar-refractivity contribution in [2.24, 2.45) is 0 Å². The largest absolute Gasteiger partial charge is 0.383 e. The summed E-state index contributed by atoms with van der Waals surface area (Å²) in [6, 6.07) is -0.410. The van der Waals surface area contributed by atoms with Crippen LogP contribution in [-0.2, 0) is 9.53 Å². The van der Waals surface area contributed by atoms with E-state index in [-0.39, 0.29) is 5.91 Å². The minimum Gasteiger partial charge on any atom is -0.383 e. The number of aromatic nitrogens is 4. The first-order valence-electron chi connectivity index (χ1n) is 7.93. The van der Waals surface area contributed by atoms with E-state index in [0.29, 0.717) is 33.2 Å². The van der Waals surface area contributed by atoms with Gasteiger partial charge in [0.25, 0.3) is 5.91 Å². The Balaban J connectivity index is 2.19. The van der Waals surface area contributed by atoms with Gasteiger partial charge in [0.2, 0.25) is 5.72 Å². The predicted molar refractivity (Wildman–Crippen MR) is 98.1 cm³/mol. The zero-order valence-electron chi connectivity index (χ0n) is 14.9. The number of fused-ring (bicyclic) bond motifs is 1. The molecule has 1 aliphatic rings. The van der Waals surface area contributed by atoms with Crippen molar-refractivity contribution in [3.63, 3.8) is 0 Å². The number of nitrogens with one attached hydrogen (secondary N) is 2. The first kappa shape index (κ1) is 18.2. The van der Waals surface area contributed by atoms with Gasteiger partial charge in [0.15, 0.2) is 5.65 Å². The Morgan fingerprint density at radius 1 is 1.50 bits per heavy atom. The van der Waals surface area contributed by atoms with Crippen molar-refractivity contribution in [1.82, 2.24) is 30.4 Å². The highest BCUT2D eigenvalue weighted by Crippen LogP contribution is 2.35. The number of nitrogens with zero attached hydrogens (tertiary/aromatic N) is 4. The lowest BCUT2D eigenvalue weighted by atomic mass is 9.92. The highest BCUT2D eigenvalue weighted by atomic mass is 35.5. The van der Waals surface area contributed by atoms with Gasteiger partial charge in [0.1, 0.15) is 12.1 Å². The number of hydrogen-bond donors (Lipinski definition) is 3. The van der Waals surface area contributed by atoms with Crippen molar-refractivity contribution >= 4 is 34.4 Å². The Morgan fingerprint density at radius 2 is 2.23 bits per heavy atom. The number of carbonyl (C=O) groups is 1. The highest BCUT2D eigenvalue weighted by Gasteiger charge is 2.46. The molecule has 0 radical (unpaired) electrons. The quantitative estimate of drug-likeness (QED) is 0.726. The molecular weight excluding hydrogens is 358 g/mol. The number of methoxy groups -OCH3 is 1. The maximum absolute atomic E-state index is 12.6. The van der Waals surface area contributed by atoms with Gasteiger partial charge in [-0.1, -0.05) is 11.6 Å². The van der Waals surface area contributed by atoms with Crippen molar-refractivity contribution in [3.05, 3.63) is 34.9 Å². The van der Waals surface area contributed by atoms with Crippen molar-refractivity contribution in [2.45, 2.75) is 25.6 Å². The second-order valence-corrected chi connectivity index (χ2v) is 6.34. The Hall–Kier alpha value is -2.65. The van der Waals surface area contributed by atoms with Crippen LogP contribution in [0.5, 0.6) is 0 Å². The lowest BCUT2D eigenvalue weighted by Crippen LogP contribution is -2.59. The number of aryl methyl sites for hydroxylation is 1. The summed E-state index contributed by atoms with van der Waals surface area (Å²) in [6.45, 7) is 3.71. The van der Waals surface area contributed by atoms with Gasteiger partial charge in [0, 0.05) is 25.9 Å². The molecule has 2 unspecified atom stereocenters. The second kappa shape index (κ2) is 6.58. The number of carbonyl (C=O) groups excluding carboxylic acids is 1. The van der Waals surface area contributed by atoms with E-state index >= 15 is 0 Å². The number of amides is 1. The maximum atomic E-state index is 12.6. The smallest absolute Gasteiger partial charge is 0.277 e. The number of dihydropyridines is 1. The van der Waals surface area contributed by atoms with Gasteiger partial charge in [-0.05, 0) is 19.9 Å². The topological polar surface area (TPSA) is 120 Å². The number of nitrogen functional groups attached to an aromatic ring is 1. The summed E-state index contributed by atoms with van der Waals surface area (Å²) in [5, 5.41) is 11.2. The Morgan fingerprint density at radius 3 is 2.88 bits per heavy atom. The molecular formula is C16H20ClN7O2. The molecule has 0 aromatic carbocycles. The molecule has 0 aliphatic carbocycles. The SMILES string of the molecule is CNC(=O)C1(OC)NC=C(Cl)C=C1C(C)n1nc(C)c2c(N)ncnc21. The number of hydrogen-bond acceptors (Lipinski definition) is 7. The van der Waals surface area contributed by atoms with Gasteiger partial charge in [-0.25, -0.2) is 14.6 Å². The van der Waals surface area contributed by atoms with Crippen LogP contribution in [0.3, 0.4) is 0 Å². The molecule has 1 amide bonds. The third kappa shape index (κ3) is 2.60. The monoisotopic (exact) mass is 377 g/mol. The Bertz CT molecular complexity index is 936. The first-order chi connectivity index (χ1) is 12.4. The molecule has 0 fully saturated rings. The van der Waals surface area contributed by atoms with E-state index < -0.39 is 11.8 Å². The number of anilines is 1. The normalized spacial score (nSPS) is 21.0. The minimum absolute atomic E-state index is 0.351. The van der Waals surface area contributed by atoms with Crippen molar-refractivity contribution < 1.29 is 9.53 Å². The van der Waals surface area contributed by atoms with E-state index in [2.05, 4.69) is 25.7 Å². The number of ether oxygens (including phenoxy) is 1. The summed E-state index contributed by atoms with van der Waals surface area (Å²) in [5.41, 5.74) is 6.39. The predicted octanol–water partition coefficient (Wildman–Crippen LogP) is 0.976. The van der Waals surface area contributed by atoms with Crippen LogP contribution in [0.25, 0.3) is 11.0 Å². The lowest BCUT2D eigenvalue weighted by Gasteiger charge is -2.38. The zero-order valence-corrected chi connectivity index (χ0v) is 15.6. The van der Waals surface area contributed by atoms with Crippen LogP contribution < -0.4 is 16.4 Å². The number of rotatable bonds is 4. The summed E-state index contributed by atoms with van der Waals surface area (Å²) < 4.78 is 7.27. The van der Waals surface area contributed by atoms with Gasteiger partial charge in [-0.3, -0.25) is 4.79 Å². The molecule has 1 aliphatic heterocycles. The van der Waals surface area contributed by atoms with E-state index in [1.165, 1.54) is 26.7 Å². The van der Waals surface area contributed by atoms with Crippen LogP contribution >= 0.6 is 11.6 Å². The summed E-state index contributed by atoms with van der Waals surface area (Å²) >= 11 is 6.18. The number of nitrogens with two attached hydrogens (primary N) is 1. The van der Waals surface area contributed by atoms with Crippen LogP contribution in [0.1, 0.15) is 18.7 Å². The number of allylic oxidation sites excluding steroid dienone is 2. The number of halogens is 1. The van der Waals surface area contributed by atoms with Crippen LogP contribution in [0.15, 0.2) is 29.2 Å². The molecule has 0 saturated carbocycles. The first-order valence-corrected chi connectivity index (χ1v) is 8.31. The van der Waals surface area contributed by atoms with E-state index in [1.54, 1.807) is 10.8 Å². The molecule has 0 saturated heterocycles. The van der Waals surface area contributed by atoms with Crippen LogP contribution in [0.2, 0.25) is 0 Å². The highest BCUT2D eigenvalue weighted by molar-refractivity contribution is 6.31. The standard InChI is InChI=1S/C16H20ClN7O2/c1-8-12-13(18)20-7-21-14(12)24(23-8)9(2)11-5-10(17)6-22-16(11,26-4)15(25)19-3/h5-7,9,22H,1-4H3,(H,19,25)(H2,18,20,21). The molecule has 2 aromatic heterocycles. The van der Waals surface area contributed by atoms with Crippen molar-refractivity contribution in [2.75, 3.05) is 19.9 Å². The van der Waals surface area contributed by atoms with E-state index in [4.69, 9.17) is 22.1 Å². The third-order valence-corrected chi connectivity index (χ3v) is 4.69.